The minimum absolute atomic E-state index is 0.381. The molecule has 5 heteroatoms. The van der Waals surface area contributed by atoms with E-state index in [2.05, 4.69) is 98.1 Å². The van der Waals surface area contributed by atoms with Gasteiger partial charge in [0.1, 0.15) is 11.5 Å². The predicted octanol–water partition coefficient (Wildman–Crippen LogP) is 9.94. The van der Waals surface area contributed by atoms with E-state index >= 15 is 0 Å². The van der Waals surface area contributed by atoms with Crippen LogP contribution in [-0.2, 0) is 14.3 Å². The van der Waals surface area contributed by atoms with E-state index in [1.807, 2.05) is 36.4 Å². The molecular weight excluding hydrogens is 584 g/mol. The van der Waals surface area contributed by atoms with Gasteiger partial charge in [0.2, 0.25) is 0 Å². The number of ether oxygens (including phenoxy) is 4. The fraction of sp³-hybridized carbons (Fsp3) is 0.214. The summed E-state index contributed by atoms with van der Waals surface area (Å²) in [5.74, 6) is 1.32. The lowest BCUT2D eigenvalue weighted by molar-refractivity contribution is -0.137. The lowest BCUT2D eigenvalue weighted by atomic mass is 10.0. The maximum Gasteiger partial charge on any atom is 0.330 e. The van der Waals surface area contributed by atoms with Crippen LogP contribution >= 0.6 is 0 Å². The molecule has 5 nitrogen and oxygen atoms in total. The molecule has 0 saturated heterocycles. The minimum Gasteiger partial charge on any atom is -0.494 e. The maximum atomic E-state index is 11.0. The summed E-state index contributed by atoms with van der Waals surface area (Å²) in [4.78, 5) is 11.0. The Morgan fingerprint density at radius 1 is 0.511 bits per heavy atom. The number of carbonyl (C=O) groups excluding carboxylic acids is 1. The molecule has 4 aromatic carbocycles. The van der Waals surface area contributed by atoms with Crippen molar-refractivity contribution in [2.24, 2.45) is 0 Å². The highest BCUT2D eigenvalue weighted by atomic mass is 16.5. The number of esters is 1. The first-order valence-corrected chi connectivity index (χ1v) is 16.1. The SMILES string of the molecule is C=CCOCCCCOc1ccc(C=Cc2ccc(-c3ccc(C=Cc4ccc(OCCCCOC(=O)C=C)cc4)cc3)cc2)cc1. The van der Waals surface area contributed by atoms with Crippen LogP contribution in [0.4, 0.5) is 0 Å². The van der Waals surface area contributed by atoms with E-state index < -0.39 is 0 Å². The molecule has 0 N–H and O–H groups in total. The van der Waals surface area contributed by atoms with Crippen molar-refractivity contribution in [2.45, 2.75) is 25.7 Å². The monoisotopic (exact) mass is 628 g/mol. The van der Waals surface area contributed by atoms with Crippen molar-refractivity contribution in [3.63, 3.8) is 0 Å². The molecule has 4 aromatic rings. The van der Waals surface area contributed by atoms with Crippen molar-refractivity contribution in [2.75, 3.05) is 33.0 Å². The molecule has 0 aliphatic carbocycles. The normalized spacial score (nSPS) is 11.1. The van der Waals surface area contributed by atoms with Crippen LogP contribution in [0.1, 0.15) is 47.9 Å². The summed E-state index contributed by atoms with van der Waals surface area (Å²) in [6.07, 6.45) is 14.9. The van der Waals surface area contributed by atoms with Crippen LogP contribution in [0.5, 0.6) is 11.5 Å². The summed E-state index contributed by atoms with van der Waals surface area (Å²) in [6, 6.07) is 33.4. The zero-order valence-corrected chi connectivity index (χ0v) is 27.0. The maximum absolute atomic E-state index is 11.0. The van der Waals surface area contributed by atoms with Crippen molar-refractivity contribution in [1.29, 1.82) is 0 Å². The molecule has 47 heavy (non-hydrogen) atoms. The molecule has 0 atom stereocenters. The first kappa shape index (κ1) is 34.7. The van der Waals surface area contributed by atoms with Crippen molar-refractivity contribution in [3.05, 3.63) is 145 Å². The average Bonchev–Trinajstić information content (AvgIpc) is 3.12. The summed E-state index contributed by atoms with van der Waals surface area (Å²) >= 11 is 0. The molecule has 0 unspecified atom stereocenters. The topological polar surface area (TPSA) is 54.0 Å². The number of benzene rings is 4. The molecule has 0 aliphatic rings. The number of hydrogen-bond acceptors (Lipinski definition) is 5. The molecule has 0 amide bonds. The van der Waals surface area contributed by atoms with Gasteiger partial charge in [0.05, 0.1) is 26.4 Å². The zero-order valence-electron chi connectivity index (χ0n) is 27.0. The average molecular weight is 629 g/mol. The zero-order chi connectivity index (χ0) is 32.9. The van der Waals surface area contributed by atoms with Crippen LogP contribution < -0.4 is 9.47 Å². The van der Waals surface area contributed by atoms with Gasteiger partial charge in [0, 0.05) is 12.7 Å². The van der Waals surface area contributed by atoms with E-state index in [-0.39, 0.29) is 5.97 Å². The number of carbonyl (C=O) groups is 1. The minimum atomic E-state index is -0.390. The second kappa shape index (κ2) is 20.1. The quantitative estimate of drug-likeness (QED) is 0.0321. The van der Waals surface area contributed by atoms with Crippen LogP contribution in [-0.4, -0.2) is 39.0 Å². The van der Waals surface area contributed by atoms with E-state index in [1.165, 1.54) is 17.2 Å². The van der Waals surface area contributed by atoms with Gasteiger partial charge >= 0.3 is 5.97 Å². The Balaban J connectivity index is 1.18. The van der Waals surface area contributed by atoms with Gasteiger partial charge < -0.3 is 18.9 Å². The molecule has 242 valence electrons. The summed E-state index contributed by atoms with van der Waals surface area (Å²) in [5.41, 5.74) is 6.87. The van der Waals surface area contributed by atoms with Crippen LogP contribution in [0.2, 0.25) is 0 Å². The standard InChI is InChI=1S/C42H44O5/c1-3-29-44-30-5-6-31-45-40-25-17-36(18-26-40)11-9-34-13-21-38(22-14-34)39-23-15-35(16-24-39)10-12-37-19-27-41(28-20-37)46-32-7-8-33-47-42(43)4-2/h3-4,9-28H,1-2,5-8,29-33H2. The molecule has 0 radical (unpaired) electrons. The number of hydrogen-bond donors (Lipinski definition) is 0. The highest BCUT2D eigenvalue weighted by Crippen LogP contribution is 2.23. The van der Waals surface area contributed by atoms with Crippen LogP contribution in [0.15, 0.2) is 122 Å². The van der Waals surface area contributed by atoms with Crippen molar-refractivity contribution >= 4 is 30.3 Å². The van der Waals surface area contributed by atoms with Gasteiger partial charge in [-0.05, 0) is 83.3 Å². The molecule has 0 bridgehead atoms. The fourth-order valence-corrected chi connectivity index (χ4v) is 4.60. The van der Waals surface area contributed by atoms with Crippen molar-refractivity contribution in [1.82, 2.24) is 0 Å². The molecule has 0 aromatic heterocycles. The molecule has 0 fully saturated rings. The van der Waals surface area contributed by atoms with Gasteiger partial charge in [-0.1, -0.05) is 110 Å². The summed E-state index contributed by atoms with van der Waals surface area (Å²) in [5, 5.41) is 0. The first-order valence-electron chi connectivity index (χ1n) is 16.1. The van der Waals surface area contributed by atoms with E-state index in [9.17, 15) is 4.79 Å². The first-order chi connectivity index (χ1) is 23.1. The molecule has 0 aliphatic heterocycles. The lowest BCUT2D eigenvalue weighted by Gasteiger charge is -2.07. The third-order valence-electron chi connectivity index (χ3n) is 7.26. The Hall–Kier alpha value is -5.13. The second-order valence-electron chi connectivity index (χ2n) is 10.9. The molecule has 4 rings (SSSR count). The van der Waals surface area contributed by atoms with Gasteiger partial charge in [-0.15, -0.1) is 6.58 Å². The van der Waals surface area contributed by atoms with Crippen molar-refractivity contribution in [3.8, 4) is 22.6 Å². The number of rotatable bonds is 20. The fourth-order valence-electron chi connectivity index (χ4n) is 4.60. The van der Waals surface area contributed by atoms with Crippen LogP contribution in [0.3, 0.4) is 0 Å². The molecule has 0 saturated carbocycles. The van der Waals surface area contributed by atoms with Gasteiger partial charge in [-0.3, -0.25) is 0 Å². The van der Waals surface area contributed by atoms with Gasteiger partial charge in [-0.2, -0.15) is 0 Å². The largest absolute Gasteiger partial charge is 0.494 e. The Morgan fingerprint density at radius 2 is 0.894 bits per heavy atom. The van der Waals surface area contributed by atoms with Gasteiger partial charge in [0.25, 0.3) is 0 Å². The summed E-state index contributed by atoms with van der Waals surface area (Å²) in [6.45, 7) is 10.0. The summed E-state index contributed by atoms with van der Waals surface area (Å²) < 4.78 is 22.0. The van der Waals surface area contributed by atoms with E-state index in [0.717, 1.165) is 66.0 Å². The Morgan fingerprint density at radius 3 is 1.30 bits per heavy atom. The third-order valence-corrected chi connectivity index (χ3v) is 7.26. The van der Waals surface area contributed by atoms with E-state index in [1.54, 1.807) is 6.08 Å². The Kier molecular flexibility index (Phi) is 14.8. The van der Waals surface area contributed by atoms with E-state index in [4.69, 9.17) is 18.9 Å². The van der Waals surface area contributed by atoms with Crippen molar-refractivity contribution < 1.29 is 23.7 Å². The summed E-state index contributed by atoms with van der Waals surface area (Å²) in [7, 11) is 0. The second-order valence-corrected chi connectivity index (χ2v) is 10.9. The molecule has 0 spiro atoms. The van der Waals surface area contributed by atoms with Gasteiger partial charge in [-0.25, -0.2) is 4.79 Å². The highest BCUT2D eigenvalue weighted by Gasteiger charge is 2.00. The highest BCUT2D eigenvalue weighted by molar-refractivity contribution is 5.81. The Labute approximate surface area is 279 Å². The number of unbranched alkanes of at least 4 members (excludes halogenated alkanes) is 2. The molecule has 0 heterocycles. The molecular formula is C42H44O5. The van der Waals surface area contributed by atoms with Crippen LogP contribution in [0, 0.1) is 0 Å². The van der Waals surface area contributed by atoms with Gasteiger partial charge in [0.15, 0.2) is 0 Å². The van der Waals surface area contributed by atoms with E-state index in [0.29, 0.717) is 26.4 Å². The third kappa shape index (κ3) is 13.0. The lowest BCUT2D eigenvalue weighted by Crippen LogP contribution is -2.04. The Bertz CT molecular complexity index is 1560. The van der Waals surface area contributed by atoms with Crippen LogP contribution in [0.25, 0.3) is 35.4 Å². The smallest absolute Gasteiger partial charge is 0.330 e. The predicted molar refractivity (Wildman–Crippen MR) is 194 cm³/mol.